The molecule has 2 aliphatic heterocycles. The molecule has 0 radical (unpaired) electrons. The van der Waals surface area contributed by atoms with E-state index in [0.29, 0.717) is 0 Å². The summed E-state index contributed by atoms with van der Waals surface area (Å²) in [5.74, 6) is 0. The van der Waals surface area contributed by atoms with Crippen molar-refractivity contribution in [2.45, 2.75) is 76.0 Å². The number of ether oxygens (including phenoxy) is 2. The van der Waals surface area contributed by atoms with Crippen molar-refractivity contribution in [3.8, 4) is 0 Å². The van der Waals surface area contributed by atoms with Crippen LogP contribution >= 0.6 is 0 Å². The molecule has 94 valence electrons. The van der Waals surface area contributed by atoms with E-state index in [1.54, 1.807) is 0 Å². The summed E-state index contributed by atoms with van der Waals surface area (Å²) in [7, 11) is 0. The summed E-state index contributed by atoms with van der Waals surface area (Å²) < 4.78 is 12.0. The van der Waals surface area contributed by atoms with Crippen molar-refractivity contribution >= 4 is 0 Å². The Bertz CT molecular complexity index is 250. The van der Waals surface area contributed by atoms with Crippen LogP contribution in [0.5, 0.6) is 0 Å². The van der Waals surface area contributed by atoms with Gasteiger partial charge in [0.25, 0.3) is 0 Å². The second kappa shape index (κ2) is 3.67. The van der Waals surface area contributed by atoms with Crippen LogP contribution in [0.2, 0.25) is 0 Å². The third-order valence-electron chi connectivity index (χ3n) is 3.53. The zero-order valence-corrected chi connectivity index (χ0v) is 10.7. The van der Waals surface area contributed by atoms with Gasteiger partial charge >= 0.3 is 0 Å². The normalized spacial score (nSPS) is 46.1. The Balaban J connectivity index is 2.09. The lowest BCUT2D eigenvalue weighted by molar-refractivity contribution is -0.115. The smallest absolute Gasteiger partial charge is 0.101 e. The van der Waals surface area contributed by atoms with Crippen molar-refractivity contribution < 1.29 is 9.47 Å². The topological polar surface area (TPSA) is 70.5 Å². The van der Waals surface area contributed by atoms with Crippen LogP contribution in [0.25, 0.3) is 0 Å². The average Bonchev–Trinajstić information content (AvgIpc) is 2.48. The molecular weight excluding hydrogens is 204 g/mol. The predicted octanol–water partition coefficient (Wildman–Crippen LogP) is 0.776. The van der Waals surface area contributed by atoms with Gasteiger partial charge in [-0.2, -0.15) is 0 Å². The zero-order chi connectivity index (χ0) is 12.1. The van der Waals surface area contributed by atoms with Crippen LogP contribution in [-0.4, -0.2) is 35.5 Å². The van der Waals surface area contributed by atoms with E-state index in [2.05, 4.69) is 27.7 Å². The van der Waals surface area contributed by atoms with Crippen molar-refractivity contribution in [2.24, 2.45) is 11.5 Å². The second-order valence-electron chi connectivity index (χ2n) is 6.42. The monoisotopic (exact) mass is 228 g/mol. The molecule has 0 spiro atoms. The molecule has 4 heteroatoms. The molecule has 0 aliphatic carbocycles. The number of hydrogen-bond acceptors (Lipinski definition) is 4. The minimum Gasteiger partial charge on any atom is -0.368 e. The first-order valence-electron chi connectivity index (χ1n) is 6.07. The lowest BCUT2D eigenvalue weighted by Gasteiger charge is -2.27. The largest absolute Gasteiger partial charge is 0.368 e. The molecule has 4 nitrogen and oxygen atoms in total. The minimum atomic E-state index is -0.153. The fourth-order valence-corrected chi connectivity index (χ4v) is 3.00. The maximum atomic E-state index is 6.12. The third-order valence-corrected chi connectivity index (χ3v) is 3.53. The summed E-state index contributed by atoms with van der Waals surface area (Å²) in [6, 6.07) is 0.0555. The second-order valence-corrected chi connectivity index (χ2v) is 6.42. The molecule has 0 saturated carbocycles. The molecule has 4 atom stereocenters. The van der Waals surface area contributed by atoms with Crippen LogP contribution in [0.1, 0.15) is 40.5 Å². The summed E-state index contributed by atoms with van der Waals surface area (Å²) in [4.78, 5) is 0. The maximum Gasteiger partial charge on any atom is 0.101 e. The first-order valence-corrected chi connectivity index (χ1v) is 6.07. The minimum absolute atomic E-state index is 0.0277. The molecule has 0 aromatic rings. The molecule has 0 unspecified atom stereocenters. The SMILES string of the molecule is CC1(C)C[C@H](N)[C@H]([C@@H]2OC(C)(C)C[C@@H]2N)O1. The van der Waals surface area contributed by atoms with Gasteiger partial charge in [-0.05, 0) is 40.5 Å². The van der Waals surface area contributed by atoms with Gasteiger partial charge in [0.1, 0.15) is 12.2 Å². The van der Waals surface area contributed by atoms with Crippen LogP contribution in [0.15, 0.2) is 0 Å². The van der Waals surface area contributed by atoms with E-state index in [9.17, 15) is 0 Å². The Morgan fingerprint density at radius 1 is 0.812 bits per heavy atom. The number of nitrogens with two attached hydrogens (primary N) is 2. The quantitative estimate of drug-likeness (QED) is 0.695. The predicted molar refractivity (Wildman–Crippen MR) is 63.1 cm³/mol. The van der Waals surface area contributed by atoms with Gasteiger partial charge in [0.05, 0.1) is 11.2 Å². The van der Waals surface area contributed by atoms with E-state index >= 15 is 0 Å². The van der Waals surface area contributed by atoms with Gasteiger partial charge in [0.15, 0.2) is 0 Å². The molecule has 2 fully saturated rings. The Morgan fingerprint density at radius 2 is 1.12 bits per heavy atom. The van der Waals surface area contributed by atoms with Gasteiger partial charge in [-0.15, -0.1) is 0 Å². The van der Waals surface area contributed by atoms with E-state index in [1.807, 2.05) is 0 Å². The lowest BCUT2D eigenvalue weighted by Crippen LogP contribution is -2.47. The van der Waals surface area contributed by atoms with Gasteiger partial charge < -0.3 is 20.9 Å². The Labute approximate surface area is 97.6 Å². The van der Waals surface area contributed by atoms with Gasteiger partial charge in [0, 0.05) is 12.1 Å². The molecule has 0 aromatic heterocycles. The highest BCUT2D eigenvalue weighted by molar-refractivity contribution is 5.02. The van der Waals surface area contributed by atoms with Crippen LogP contribution in [0.4, 0.5) is 0 Å². The van der Waals surface area contributed by atoms with Crippen molar-refractivity contribution in [3.05, 3.63) is 0 Å². The van der Waals surface area contributed by atoms with E-state index < -0.39 is 0 Å². The van der Waals surface area contributed by atoms with Crippen molar-refractivity contribution in [1.82, 2.24) is 0 Å². The number of rotatable bonds is 1. The fourth-order valence-electron chi connectivity index (χ4n) is 3.00. The summed E-state index contributed by atoms with van der Waals surface area (Å²) in [6.07, 6.45) is 1.61. The summed E-state index contributed by atoms with van der Waals surface area (Å²) in [5, 5.41) is 0. The molecule has 2 rings (SSSR count). The highest BCUT2D eigenvalue weighted by Crippen LogP contribution is 2.38. The van der Waals surface area contributed by atoms with Crippen LogP contribution in [0, 0.1) is 0 Å². The van der Waals surface area contributed by atoms with Crippen LogP contribution in [-0.2, 0) is 9.47 Å². The molecule has 0 bridgehead atoms. The van der Waals surface area contributed by atoms with Crippen molar-refractivity contribution in [1.29, 1.82) is 0 Å². The molecule has 2 heterocycles. The summed E-state index contributed by atoms with van der Waals surface area (Å²) >= 11 is 0. The summed E-state index contributed by atoms with van der Waals surface area (Å²) in [5.41, 5.74) is 11.9. The van der Waals surface area contributed by atoms with Gasteiger partial charge in [-0.3, -0.25) is 0 Å². The summed E-state index contributed by atoms with van der Waals surface area (Å²) in [6.45, 7) is 8.27. The Kier molecular flexibility index (Phi) is 2.82. The van der Waals surface area contributed by atoms with Crippen LogP contribution in [0.3, 0.4) is 0 Å². The molecule has 2 saturated heterocycles. The van der Waals surface area contributed by atoms with E-state index in [1.165, 1.54) is 0 Å². The molecule has 4 N–H and O–H groups in total. The molecule has 0 amide bonds. The maximum absolute atomic E-state index is 6.12. The first-order chi connectivity index (χ1) is 7.20. The Hall–Kier alpha value is -0.160. The van der Waals surface area contributed by atoms with Gasteiger partial charge in [0.2, 0.25) is 0 Å². The highest BCUT2D eigenvalue weighted by Gasteiger charge is 2.50. The molecular formula is C12H24N2O2. The van der Waals surface area contributed by atoms with Crippen LogP contribution < -0.4 is 11.5 Å². The Morgan fingerprint density at radius 3 is 1.31 bits per heavy atom. The molecule has 16 heavy (non-hydrogen) atoms. The van der Waals surface area contributed by atoms with Gasteiger partial charge in [-0.25, -0.2) is 0 Å². The fraction of sp³-hybridized carbons (Fsp3) is 1.00. The first kappa shape index (κ1) is 12.3. The molecule has 0 aromatic carbocycles. The van der Waals surface area contributed by atoms with E-state index in [0.717, 1.165) is 12.8 Å². The van der Waals surface area contributed by atoms with Crippen molar-refractivity contribution in [3.63, 3.8) is 0 Å². The standard InChI is InChI=1S/C12H24N2O2/c1-11(2)5-7(13)9(15-11)10-8(14)6-12(3,4)16-10/h7-10H,5-6,13-14H2,1-4H3/t7-,8-,9+,10+/m0/s1. The highest BCUT2D eigenvalue weighted by atomic mass is 16.6. The third kappa shape index (κ3) is 2.25. The van der Waals surface area contributed by atoms with E-state index in [4.69, 9.17) is 20.9 Å². The van der Waals surface area contributed by atoms with Gasteiger partial charge in [-0.1, -0.05) is 0 Å². The average molecular weight is 228 g/mol. The molecule has 2 aliphatic rings. The lowest BCUT2D eigenvalue weighted by atomic mass is 9.95. The van der Waals surface area contributed by atoms with E-state index in [-0.39, 0.29) is 35.5 Å². The zero-order valence-electron chi connectivity index (χ0n) is 10.7. The van der Waals surface area contributed by atoms with Crippen molar-refractivity contribution in [2.75, 3.05) is 0 Å². The number of hydrogen-bond donors (Lipinski definition) is 2.